The Morgan fingerprint density at radius 2 is 2.25 bits per heavy atom. The smallest absolute Gasteiger partial charge is 0.241 e. The minimum absolute atomic E-state index is 0.281. The molecule has 3 rings (SSSR count). The number of hydrogen-bond acceptors (Lipinski definition) is 3. The third-order valence-corrected chi connectivity index (χ3v) is 3.59. The van der Waals surface area contributed by atoms with Gasteiger partial charge in [0.2, 0.25) is 5.91 Å². The fourth-order valence-electron chi connectivity index (χ4n) is 2.64. The highest BCUT2D eigenvalue weighted by atomic mass is 16.5. The van der Waals surface area contributed by atoms with Gasteiger partial charge < -0.3 is 15.5 Å². The van der Waals surface area contributed by atoms with Gasteiger partial charge in [-0.2, -0.15) is 0 Å². The van der Waals surface area contributed by atoms with Gasteiger partial charge in [0, 0.05) is 24.0 Å². The third-order valence-electron chi connectivity index (χ3n) is 3.59. The van der Waals surface area contributed by atoms with E-state index in [9.17, 15) is 4.79 Å². The molecule has 0 radical (unpaired) electrons. The summed E-state index contributed by atoms with van der Waals surface area (Å²) in [4.78, 5) is 18.2. The van der Waals surface area contributed by atoms with E-state index in [-0.39, 0.29) is 6.10 Å². The van der Waals surface area contributed by atoms with Crippen LogP contribution in [0.15, 0.2) is 24.5 Å². The zero-order chi connectivity index (χ0) is 13.9. The number of carbonyl (C=O) groups is 1. The molecule has 104 valence electrons. The predicted octanol–water partition coefficient (Wildman–Crippen LogP) is 2.38. The van der Waals surface area contributed by atoms with Crippen LogP contribution in [-0.2, 0) is 4.79 Å². The van der Waals surface area contributed by atoms with Crippen LogP contribution in [0.2, 0.25) is 0 Å². The lowest BCUT2D eigenvalue weighted by Gasteiger charge is -2.14. The SMILES string of the molecule is NC(=O)/C=C/c1c[nH]c2nccc(OC3CCCC3)c12. The van der Waals surface area contributed by atoms with Crippen molar-refractivity contribution in [2.24, 2.45) is 5.73 Å². The molecule has 0 aliphatic heterocycles. The molecule has 0 saturated heterocycles. The van der Waals surface area contributed by atoms with E-state index in [2.05, 4.69) is 9.97 Å². The van der Waals surface area contributed by atoms with Gasteiger partial charge in [0.1, 0.15) is 11.4 Å². The van der Waals surface area contributed by atoms with Crippen LogP contribution in [0.1, 0.15) is 31.2 Å². The van der Waals surface area contributed by atoms with E-state index in [1.807, 2.05) is 6.07 Å². The van der Waals surface area contributed by atoms with Crippen LogP contribution in [0.4, 0.5) is 0 Å². The van der Waals surface area contributed by atoms with Crippen molar-refractivity contribution in [1.29, 1.82) is 0 Å². The first kappa shape index (κ1) is 12.7. The molecule has 1 fully saturated rings. The molecule has 3 N–H and O–H groups in total. The second-order valence-corrected chi connectivity index (χ2v) is 5.04. The van der Waals surface area contributed by atoms with E-state index in [4.69, 9.17) is 10.5 Å². The van der Waals surface area contributed by atoms with Crippen LogP contribution >= 0.6 is 0 Å². The third kappa shape index (κ3) is 2.52. The summed E-state index contributed by atoms with van der Waals surface area (Å²) in [5.74, 6) is 0.341. The molecule has 2 aromatic rings. The first-order chi connectivity index (χ1) is 9.74. The van der Waals surface area contributed by atoms with Gasteiger partial charge in [-0.05, 0) is 37.8 Å². The predicted molar refractivity (Wildman–Crippen MR) is 77.2 cm³/mol. The van der Waals surface area contributed by atoms with Gasteiger partial charge in [-0.15, -0.1) is 0 Å². The number of amides is 1. The van der Waals surface area contributed by atoms with Gasteiger partial charge in [0.15, 0.2) is 0 Å². The van der Waals surface area contributed by atoms with E-state index in [0.717, 1.165) is 35.2 Å². The minimum Gasteiger partial charge on any atom is -0.490 e. The standard InChI is InChI=1S/C15H17N3O2/c16-13(19)6-5-10-9-18-15-14(10)12(7-8-17-15)20-11-3-1-2-4-11/h5-9,11H,1-4H2,(H2,16,19)(H,17,18)/b6-5+. The molecule has 5 heteroatoms. The van der Waals surface area contributed by atoms with Crippen molar-refractivity contribution in [2.45, 2.75) is 31.8 Å². The molecule has 1 aliphatic rings. The van der Waals surface area contributed by atoms with Gasteiger partial charge in [-0.25, -0.2) is 4.98 Å². The highest BCUT2D eigenvalue weighted by Crippen LogP contribution is 2.31. The summed E-state index contributed by atoms with van der Waals surface area (Å²) in [5, 5.41) is 0.900. The van der Waals surface area contributed by atoms with Crippen LogP contribution in [0.3, 0.4) is 0 Å². The summed E-state index contributed by atoms with van der Waals surface area (Å²) in [6, 6.07) is 1.87. The summed E-state index contributed by atoms with van der Waals surface area (Å²) in [6.45, 7) is 0. The lowest BCUT2D eigenvalue weighted by atomic mass is 10.2. The second-order valence-electron chi connectivity index (χ2n) is 5.04. The highest BCUT2D eigenvalue weighted by Gasteiger charge is 2.18. The van der Waals surface area contributed by atoms with Gasteiger partial charge in [0.25, 0.3) is 0 Å². The van der Waals surface area contributed by atoms with Crippen LogP contribution in [0.25, 0.3) is 17.1 Å². The van der Waals surface area contributed by atoms with E-state index in [1.165, 1.54) is 18.9 Å². The Morgan fingerprint density at radius 1 is 1.45 bits per heavy atom. The summed E-state index contributed by atoms with van der Waals surface area (Å²) in [7, 11) is 0. The zero-order valence-corrected chi connectivity index (χ0v) is 11.1. The molecule has 20 heavy (non-hydrogen) atoms. The van der Waals surface area contributed by atoms with Crippen LogP contribution in [0.5, 0.6) is 5.75 Å². The summed E-state index contributed by atoms with van der Waals surface area (Å²) >= 11 is 0. The second kappa shape index (κ2) is 5.36. The number of primary amides is 1. The molecule has 2 aromatic heterocycles. The number of nitrogens with two attached hydrogens (primary N) is 1. The number of aromatic nitrogens is 2. The molecule has 0 bridgehead atoms. The van der Waals surface area contributed by atoms with Crippen LogP contribution in [-0.4, -0.2) is 22.0 Å². The number of carbonyl (C=O) groups excluding carboxylic acids is 1. The molecule has 5 nitrogen and oxygen atoms in total. The van der Waals surface area contributed by atoms with Crippen molar-refractivity contribution in [2.75, 3.05) is 0 Å². The number of hydrogen-bond donors (Lipinski definition) is 2. The Bertz CT molecular complexity index is 654. The Kier molecular flexibility index (Phi) is 3.41. The monoisotopic (exact) mass is 271 g/mol. The number of nitrogens with zero attached hydrogens (tertiary/aromatic N) is 1. The van der Waals surface area contributed by atoms with Crippen molar-refractivity contribution in [1.82, 2.24) is 9.97 Å². The molecule has 1 amide bonds. The lowest BCUT2D eigenvalue weighted by Crippen LogP contribution is -2.11. The van der Waals surface area contributed by atoms with Crippen molar-refractivity contribution >= 4 is 23.0 Å². The topological polar surface area (TPSA) is 81.0 Å². The quantitative estimate of drug-likeness (QED) is 0.838. The Labute approximate surface area is 116 Å². The maximum absolute atomic E-state index is 10.9. The number of aromatic amines is 1. The fraction of sp³-hybridized carbons (Fsp3) is 0.333. The average molecular weight is 271 g/mol. The van der Waals surface area contributed by atoms with Gasteiger partial charge in [-0.1, -0.05) is 0 Å². The van der Waals surface area contributed by atoms with Gasteiger partial charge in [0.05, 0.1) is 11.5 Å². The minimum atomic E-state index is -0.471. The van der Waals surface area contributed by atoms with Crippen molar-refractivity contribution in [3.63, 3.8) is 0 Å². The summed E-state index contributed by atoms with van der Waals surface area (Å²) in [6.07, 6.45) is 11.5. The number of rotatable bonds is 4. The largest absolute Gasteiger partial charge is 0.490 e. The molecular formula is C15H17N3O2. The van der Waals surface area contributed by atoms with Crippen molar-refractivity contribution in [3.05, 3.63) is 30.1 Å². The number of pyridine rings is 1. The van der Waals surface area contributed by atoms with Gasteiger partial charge in [-0.3, -0.25) is 4.79 Å². The molecule has 1 saturated carbocycles. The number of H-pyrrole nitrogens is 1. The molecule has 1 aliphatic carbocycles. The van der Waals surface area contributed by atoms with Crippen LogP contribution < -0.4 is 10.5 Å². The molecular weight excluding hydrogens is 254 g/mol. The Morgan fingerprint density at radius 3 is 3.00 bits per heavy atom. The van der Waals surface area contributed by atoms with E-state index in [0.29, 0.717) is 0 Å². The van der Waals surface area contributed by atoms with Crippen molar-refractivity contribution in [3.8, 4) is 5.75 Å². The lowest BCUT2D eigenvalue weighted by molar-refractivity contribution is -0.113. The number of nitrogens with one attached hydrogen (secondary N) is 1. The molecule has 2 heterocycles. The normalized spacial score (nSPS) is 16.2. The van der Waals surface area contributed by atoms with Gasteiger partial charge >= 0.3 is 0 Å². The summed E-state index contributed by atoms with van der Waals surface area (Å²) in [5.41, 5.74) is 6.76. The first-order valence-corrected chi connectivity index (χ1v) is 6.84. The average Bonchev–Trinajstić information content (AvgIpc) is 3.06. The molecule has 0 atom stereocenters. The maximum Gasteiger partial charge on any atom is 0.241 e. The first-order valence-electron chi connectivity index (χ1n) is 6.84. The van der Waals surface area contributed by atoms with E-state index in [1.54, 1.807) is 18.5 Å². The Balaban J connectivity index is 1.97. The zero-order valence-electron chi connectivity index (χ0n) is 11.1. The maximum atomic E-state index is 10.9. The van der Waals surface area contributed by atoms with Crippen LogP contribution in [0, 0.1) is 0 Å². The van der Waals surface area contributed by atoms with E-state index < -0.39 is 5.91 Å². The molecule has 0 spiro atoms. The fourth-order valence-corrected chi connectivity index (χ4v) is 2.64. The molecule has 0 unspecified atom stereocenters. The number of fused-ring (bicyclic) bond motifs is 1. The number of ether oxygens (including phenoxy) is 1. The van der Waals surface area contributed by atoms with Crippen molar-refractivity contribution < 1.29 is 9.53 Å². The summed E-state index contributed by atoms with van der Waals surface area (Å²) < 4.78 is 6.08. The van der Waals surface area contributed by atoms with E-state index >= 15 is 0 Å². The Hall–Kier alpha value is -2.30. The highest BCUT2D eigenvalue weighted by molar-refractivity contribution is 5.96. The molecule has 0 aromatic carbocycles.